The number of nitrogens with zero attached hydrogens (tertiary/aromatic N) is 2. The van der Waals surface area contributed by atoms with E-state index in [0.717, 1.165) is 11.3 Å². The molecule has 0 aliphatic rings. The number of aliphatic hydroxyl groups is 1. The Hall–Kier alpha value is -1.86. The Morgan fingerprint density at radius 2 is 2.30 bits per heavy atom. The van der Waals surface area contributed by atoms with Crippen molar-refractivity contribution in [2.45, 2.75) is 26.5 Å². The highest BCUT2D eigenvalue weighted by Crippen LogP contribution is 2.40. The summed E-state index contributed by atoms with van der Waals surface area (Å²) in [6.45, 7) is 3.97. The number of aryl methyl sites for hydroxylation is 1. The molecule has 20 heavy (non-hydrogen) atoms. The number of aliphatic hydroxyl groups excluding tert-OH is 1. The summed E-state index contributed by atoms with van der Waals surface area (Å²) in [6.07, 6.45) is 0.888. The fraction of sp³-hybridized carbons (Fsp3) is 0.385. The zero-order chi connectivity index (χ0) is 14.9. The second-order valence-electron chi connectivity index (χ2n) is 4.63. The first-order chi connectivity index (χ1) is 9.40. The van der Waals surface area contributed by atoms with Gasteiger partial charge in [0.2, 0.25) is 0 Å². The van der Waals surface area contributed by atoms with E-state index < -0.39 is 11.0 Å². The third-order valence-corrected chi connectivity index (χ3v) is 4.45. The van der Waals surface area contributed by atoms with Crippen molar-refractivity contribution in [3.05, 3.63) is 44.7 Å². The van der Waals surface area contributed by atoms with Gasteiger partial charge in [-0.2, -0.15) is 0 Å². The summed E-state index contributed by atoms with van der Waals surface area (Å²) in [4.78, 5) is 13.1. The molecule has 1 N–H and O–H groups in total. The van der Waals surface area contributed by atoms with E-state index in [4.69, 9.17) is 4.42 Å². The first-order valence-corrected chi connectivity index (χ1v) is 6.92. The predicted molar refractivity (Wildman–Crippen MR) is 77.2 cm³/mol. The number of furan rings is 1. The van der Waals surface area contributed by atoms with E-state index in [1.807, 2.05) is 13.0 Å². The monoisotopic (exact) mass is 296 g/mol. The molecule has 0 saturated heterocycles. The van der Waals surface area contributed by atoms with Crippen LogP contribution >= 0.6 is 11.3 Å². The van der Waals surface area contributed by atoms with Gasteiger partial charge in [0.05, 0.1) is 17.3 Å². The van der Waals surface area contributed by atoms with Gasteiger partial charge in [0.25, 0.3) is 0 Å². The van der Waals surface area contributed by atoms with E-state index >= 15 is 0 Å². The lowest BCUT2D eigenvalue weighted by molar-refractivity contribution is -0.383. The van der Waals surface area contributed by atoms with Crippen LogP contribution in [0.25, 0.3) is 0 Å². The van der Waals surface area contributed by atoms with Crippen LogP contribution < -0.4 is 4.90 Å². The van der Waals surface area contributed by atoms with Crippen molar-refractivity contribution in [1.82, 2.24) is 0 Å². The van der Waals surface area contributed by atoms with Crippen LogP contribution in [0.1, 0.15) is 29.2 Å². The van der Waals surface area contributed by atoms with E-state index in [1.165, 1.54) is 17.4 Å². The summed E-state index contributed by atoms with van der Waals surface area (Å²) in [5.41, 5.74) is 1.00. The van der Waals surface area contributed by atoms with Gasteiger partial charge in [0.1, 0.15) is 5.76 Å². The molecule has 0 saturated carbocycles. The van der Waals surface area contributed by atoms with Crippen molar-refractivity contribution in [2.75, 3.05) is 11.9 Å². The summed E-state index contributed by atoms with van der Waals surface area (Å²) in [7, 11) is 1.79. The number of thiophene rings is 1. The maximum absolute atomic E-state index is 11.1. The second kappa shape index (κ2) is 5.64. The summed E-state index contributed by atoms with van der Waals surface area (Å²) >= 11 is 1.24. The van der Waals surface area contributed by atoms with Crippen LogP contribution in [-0.4, -0.2) is 17.1 Å². The molecule has 0 radical (unpaired) electrons. The van der Waals surface area contributed by atoms with Crippen LogP contribution in [0.2, 0.25) is 0 Å². The SMILES string of the molecule is Cc1occc1CN(C)c1sc([C@@H](C)O)cc1[N+](=O)[O-]. The lowest BCUT2D eigenvalue weighted by Gasteiger charge is -2.16. The number of hydrogen-bond acceptors (Lipinski definition) is 6. The van der Waals surface area contributed by atoms with Crippen LogP contribution in [0.15, 0.2) is 22.8 Å². The topological polar surface area (TPSA) is 79.8 Å². The van der Waals surface area contributed by atoms with Gasteiger partial charge in [-0.3, -0.25) is 10.1 Å². The highest BCUT2D eigenvalue weighted by atomic mass is 32.1. The largest absolute Gasteiger partial charge is 0.469 e. The lowest BCUT2D eigenvalue weighted by Crippen LogP contribution is -2.16. The van der Waals surface area contributed by atoms with Crippen LogP contribution in [-0.2, 0) is 6.54 Å². The Morgan fingerprint density at radius 1 is 1.60 bits per heavy atom. The van der Waals surface area contributed by atoms with E-state index in [1.54, 1.807) is 25.1 Å². The van der Waals surface area contributed by atoms with E-state index in [-0.39, 0.29) is 5.69 Å². The van der Waals surface area contributed by atoms with Gasteiger partial charge in [-0.25, -0.2) is 0 Å². The van der Waals surface area contributed by atoms with Gasteiger partial charge < -0.3 is 14.4 Å². The van der Waals surface area contributed by atoms with Crippen molar-refractivity contribution in [2.24, 2.45) is 0 Å². The molecule has 2 aromatic heterocycles. The van der Waals surface area contributed by atoms with Crippen molar-refractivity contribution >= 4 is 22.0 Å². The second-order valence-corrected chi connectivity index (χ2v) is 5.69. The minimum atomic E-state index is -0.712. The Morgan fingerprint density at radius 3 is 2.80 bits per heavy atom. The van der Waals surface area contributed by atoms with E-state index in [9.17, 15) is 15.2 Å². The molecule has 1 atom stereocenters. The van der Waals surface area contributed by atoms with Crippen LogP contribution in [0.5, 0.6) is 0 Å². The molecule has 0 spiro atoms. The molecule has 0 fully saturated rings. The van der Waals surface area contributed by atoms with Gasteiger partial charge in [-0.05, 0) is 19.9 Å². The molecule has 0 unspecified atom stereocenters. The average molecular weight is 296 g/mol. The molecule has 7 heteroatoms. The molecule has 2 rings (SSSR count). The third kappa shape index (κ3) is 2.83. The molecule has 0 aromatic carbocycles. The normalized spacial score (nSPS) is 12.4. The zero-order valence-electron chi connectivity index (χ0n) is 11.5. The number of hydrogen-bond donors (Lipinski definition) is 1. The Labute approximate surface area is 120 Å². The molecule has 0 amide bonds. The van der Waals surface area contributed by atoms with E-state index in [2.05, 4.69) is 0 Å². The van der Waals surface area contributed by atoms with Crippen molar-refractivity contribution in [3.63, 3.8) is 0 Å². The van der Waals surface area contributed by atoms with Gasteiger partial charge in [-0.15, -0.1) is 11.3 Å². The molecule has 0 aliphatic heterocycles. The number of nitro groups is 1. The summed E-state index contributed by atoms with van der Waals surface area (Å²) in [5.74, 6) is 0.798. The van der Waals surface area contributed by atoms with Crippen LogP contribution in [0.3, 0.4) is 0 Å². The van der Waals surface area contributed by atoms with Crippen molar-refractivity contribution in [1.29, 1.82) is 0 Å². The van der Waals surface area contributed by atoms with Gasteiger partial charge in [0.15, 0.2) is 5.00 Å². The Bertz CT molecular complexity index is 618. The first-order valence-electron chi connectivity index (χ1n) is 6.10. The molecule has 6 nitrogen and oxygen atoms in total. The van der Waals surface area contributed by atoms with Gasteiger partial charge >= 0.3 is 5.69 Å². The number of rotatable bonds is 5. The Kier molecular flexibility index (Phi) is 4.10. The lowest BCUT2D eigenvalue weighted by atomic mass is 10.2. The fourth-order valence-corrected chi connectivity index (χ4v) is 2.93. The predicted octanol–water partition coefficient (Wildman–Crippen LogP) is 3.25. The molecular formula is C13H16N2O4S. The molecule has 108 valence electrons. The van der Waals surface area contributed by atoms with Crippen LogP contribution in [0.4, 0.5) is 10.7 Å². The molecule has 2 aromatic rings. The minimum absolute atomic E-state index is 0.0227. The highest BCUT2D eigenvalue weighted by Gasteiger charge is 2.24. The summed E-state index contributed by atoms with van der Waals surface area (Å²) in [5, 5.41) is 21.2. The fourth-order valence-electron chi connectivity index (χ4n) is 1.90. The van der Waals surface area contributed by atoms with Crippen LogP contribution in [0, 0.1) is 17.0 Å². The zero-order valence-corrected chi connectivity index (χ0v) is 12.3. The molecular weight excluding hydrogens is 280 g/mol. The molecule has 0 aliphatic carbocycles. The quantitative estimate of drug-likeness (QED) is 0.676. The summed E-state index contributed by atoms with van der Waals surface area (Å²) < 4.78 is 5.23. The van der Waals surface area contributed by atoms with Crippen molar-refractivity contribution < 1.29 is 14.4 Å². The van der Waals surface area contributed by atoms with Crippen molar-refractivity contribution in [3.8, 4) is 0 Å². The maximum Gasteiger partial charge on any atom is 0.304 e. The first kappa shape index (κ1) is 14.5. The molecule has 2 heterocycles. The molecule has 0 bridgehead atoms. The third-order valence-electron chi connectivity index (χ3n) is 3.04. The minimum Gasteiger partial charge on any atom is -0.469 e. The van der Waals surface area contributed by atoms with E-state index in [0.29, 0.717) is 16.4 Å². The van der Waals surface area contributed by atoms with Gasteiger partial charge in [0, 0.05) is 30.1 Å². The maximum atomic E-state index is 11.1. The van der Waals surface area contributed by atoms with Gasteiger partial charge in [-0.1, -0.05) is 0 Å². The average Bonchev–Trinajstić information content (AvgIpc) is 2.96. The standard InChI is InChI=1S/C13H16N2O4S/c1-8(16)12-6-11(15(17)18)13(20-12)14(3)7-10-4-5-19-9(10)2/h4-6,8,16H,7H2,1-3H3/t8-/m1/s1. The Balaban J connectivity index is 2.31. The smallest absolute Gasteiger partial charge is 0.304 e. The highest BCUT2D eigenvalue weighted by molar-refractivity contribution is 7.16. The summed E-state index contributed by atoms with van der Waals surface area (Å²) in [6, 6.07) is 3.28. The number of anilines is 1.